The Morgan fingerprint density at radius 3 is 2.59 bits per heavy atom. The Hall–Kier alpha value is -1.09. The SMILES string of the molecule is COc1ccc(CS(=O)C2=CCCCC2)cc1. The Balaban J connectivity index is 1.99. The highest BCUT2D eigenvalue weighted by Gasteiger charge is 2.11. The maximum Gasteiger partial charge on any atom is 0.118 e. The molecule has 0 spiro atoms. The standard InChI is InChI=1S/C14H18O2S/c1-16-13-9-7-12(8-10-13)11-17(15)14-5-3-2-4-6-14/h5,7-10H,2-4,6,11H2,1H3. The minimum Gasteiger partial charge on any atom is -0.497 e. The molecule has 0 aromatic heterocycles. The molecular formula is C14H18O2S. The van der Waals surface area contributed by atoms with Crippen LogP contribution in [0.2, 0.25) is 0 Å². The van der Waals surface area contributed by atoms with Crippen LogP contribution in [0.25, 0.3) is 0 Å². The summed E-state index contributed by atoms with van der Waals surface area (Å²) in [6, 6.07) is 7.81. The van der Waals surface area contributed by atoms with Crippen LogP contribution in [0.15, 0.2) is 35.2 Å². The highest BCUT2D eigenvalue weighted by molar-refractivity contribution is 7.88. The Morgan fingerprint density at radius 2 is 2.00 bits per heavy atom. The zero-order valence-electron chi connectivity index (χ0n) is 10.1. The van der Waals surface area contributed by atoms with E-state index < -0.39 is 10.8 Å². The van der Waals surface area contributed by atoms with Crippen molar-refractivity contribution in [1.29, 1.82) is 0 Å². The van der Waals surface area contributed by atoms with E-state index in [2.05, 4.69) is 6.08 Å². The van der Waals surface area contributed by atoms with E-state index in [9.17, 15) is 4.21 Å². The maximum atomic E-state index is 12.1. The van der Waals surface area contributed by atoms with Crippen LogP contribution in [0.3, 0.4) is 0 Å². The molecule has 0 heterocycles. The van der Waals surface area contributed by atoms with E-state index in [1.807, 2.05) is 24.3 Å². The summed E-state index contributed by atoms with van der Waals surface area (Å²) < 4.78 is 17.2. The summed E-state index contributed by atoms with van der Waals surface area (Å²) in [6.07, 6.45) is 6.67. The third-order valence-corrected chi connectivity index (χ3v) is 4.55. The lowest BCUT2D eigenvalue weighted by Gasteiger charge is -2.12. The summed E-state index contributed by atoms with van der Waals surface area (Å²) in [5.41, 5.74) is 1.11. The first kappa shape index (κ1) is 12.4. The predicted molar refractivity (Wildman–Crippen MR) is 71.4 cm³/mol. The summed E-state index contributed by atoms with van der Waals surface area (Å²) in [7, 11) is 0.807. The van der Waals surface area contributed by atoms with Gasteiger partial charge in [0, 0.05) is 4.91 Å². The number of rotatable bonds is 4. The van der Waals surface area contributed by atoms with E-state index in [0.717, 1.165) is 29.1 Å². The van der Waals surface area contributed by atoms with E-state index in [0.29, 0.717) is 5.75 Å². The van der Waals surface area contributed by atoms with Crippen molar-refractivity contribution in [1.82, 2.24) is 0 Å². The van der Waals surface area contributed by atoms with Gasteiger partial charge in [0.25, 0.3) is 0 Å². The summed E-state index contributed by atoms with van der Waals surface area (Å²) in [5, 5.41) is 0. The lowest BCUT2D eigenvalue weighted by molar-refractivity contribution is 0.414. The number of methoxy groups -OCH3 is 1. The molecule has 0 saturated carbocycles. The fraction of sp³-hybridized carbons (Fsp3) is 0.429. The normalized spacial score (nSPS) is 17.4. The Morgan fingerprint density at radius 1 is 1.24 bits per heavy atom. The third kappa shape index (κ3) is 3.43. The van der Waals surface area contributed by atoms with Gasteiger partial charge in [-0.3, -0.25) is 4.21 Å². The van der Waals surface area contributed by atoms with Gasteiger partial charge < -0.3 is 4.74 Å². The van der Waals surface area contributed by atoms with Gasteiger partial charge in [-0.1, -0.05) is 18.2 Å². The molecule has 0 N–H and O–H groups in total. The van der Waals surface area contributed by atoms with Crippen LogP contribution >= 0.6 is 0 Å². The van der Waals surface area contributed by atoms with E-state index in [4.69, 9.17) is 4.74 Å². The molecule has 17 heavy (non-hydrogen) atoms. The van der Waals surface area contributed by atoms with Gasteiger partial charge in [0.15, 0.2) is 0 Å². The van der Waals surface area contributed by atoms with Gasteiger partial charge in [-0.15, -0.1) is 0 Å². The van der Waals surface area contributed by atoms with E-state index >= 15 is 0 Å². The van der Waals surface area contributed by atoms with Gasteiger partial charge in [0.05, 0.1) is 23.7 Å². The second-order valence-electron chi connectivity index (χ2n) is 4.25. The summed E-state index contributed by atoms with van der Waals surface area (Å²) in [5.74, 6) is 1.46. The fourth-order valence-corrected chi connectivity index (χ4v) is 3.34. The minimum atomic E-state index is -0.846. The van der Waals surface area contributed by atoms with Crippen molar-refractivity contribution in [2.45, 2.75) is 31.4 Å². The van der Waals surface area contributed by atoms with Crippen molar-refractivity contribution in [2.75, 3.05) is 7.11 Å². The molecule has 0 aliphatic heterocycles. The molecule has 92 valence electrons. The number of hydrogen-bond donors (Lipinski definition) is 0. The Kier molecular flexibility index (Phi) is 4.37. The molecular weight excluding hydrogens is 232 g/mol. The molecule has 1 aromatic rings. The van der Waals surface area contributed by atoms with Crippen molar-refractivity contribution in [2.24, 2.45) is 0 Å². The molecule has 0 fully saturated rings. The Bertz CT molecular complexity index is 420. The highest BCUT2D eigenvalue weighted by atomic mass is 32.2. The van der Waals surface area contributed by atoms with Crippen molar-refractivity contribution < 1.29 is 8.95 Å². The van der Waals surface area contributed by atoms with Gasteiger partial charge in [0.1, 0.15) is 5.75 Å². The summed E-state index contributed by atoms with van der Waals surface area (Å²) in [4.78, 5) is 1.13. The van der Waals surface area contributed by atoms with Gasteiger partial charge in [-0.25, -0.2) is 0 Å². The van der Waals surface area contributed by atoms with E-state index in [1.165, 1.54) is 12.8 Å². The number of hydrogen-bond acceptors (Lipinski definition) is 2. The number of allylic oxidation sites excluding steroid dienone is 2. The molecule has 1 unspecified atom stereocenters. The zero-order chi connectivity index (χ0) is 12.1. The van der Waals surface area contributed by atoms with Gasteiger partial charge in [-0.05, 0) is 43.4 Å². The topological polar surface area (TPSA) is 26.3 Å². The molecule has 0 saturated heterocycles. The summed E-state index contributed by atoms with van der Waals surface area (Å²) in [6.45, 7) is 0. The largest absolute Gasteiger partial charge is 0.497 e. The molecule has 0 bridgehead atoms. The van der Waals surface area contributed by atoms with Crippen LogP contribution in [0.5, 0.6) is 5.75 Å². The second kappa shape index (κ2) is 6.01. The number of benzene rings is 1. The first-order chi connectivity index (χ1) is 8.29. The van der Waals surface area contributed by atoms with Crippen LogP contribution in [0.4, 0.5) is 0 Å². The molecule has 0 radical (unpaired) electrons. The van der Waals surface area contributed by atoms with Crippen molar-refractivity contribution in [3.63, 3.8) is 0 Å². The first-order valence-corrected chi connectivity index (χ1v) is 7.32. The zero-order valence-corrected chi connectivity index (χ0v) is 11.0. The average Bonchev–Trinajstić information content (AvgIpc) is 2.40. The monoisotopic (exact) mass is 250 g/mol. The average molecular weight is 250 g/mol. The lowest BCUT2D eigenvalue weighted by Crippen LogP contribution is -2.02. The fourth-order valence-electron chi connectivity index (χ4n) is 1.98. The molecule has 2 nitrogen and oxygen atoms in total. The molecule has 1 atom stereocenters. The van der Waals surface area contributed by atoms with Crippen LogP contribution in [0.1, 0.15) is 31.2 Å². The summed E-state index contributed by atoms with van der Waals surface area (Å²) >= 11 is 0. The van der Waals surface area contributed by atoms with E-state index in [1.54, 1.807) is 7.11 Å². The highest BCUT2D eigenvalue weighted by Crippen LogP contribution is 2.23. The van der Waals surface area contributed by atoms with Gasteiger partial charge >= 0.3 is 0 Å². The molecule has 0 amide bonds. The molecule has 1 aromatic carbocycles. The molecule has 1 aliphatic carbocycles. The predicted octanol–water partition coefficient (Wildman–Crippen LogP) is 3.40. The van der Waals surface area contributed by atoms with Crippen LogP contribution in [-0.4, -0.2) is 11.3 Å². The molecule has 1 aliphatic rings. The Labute approximate surface area is 105 Å². The maximum absolute atomic E-state index is 12.1. The van der Waals surface area contributed by atoms with Crippen molar-refractivity contribution in [3.8, 4) is 5.75 Å². The van der Waals surface area contributed by atoms with E-state index in [-0.39, 0.29) is 0 Å². The number of ether oxygens (including phenoxy) is 1. The van der Waals surface area contributed by atoms with Crippen molar-refractivity contribution in [3.05, 3.63) is 40.8 Å². The van der Waals surface area contributed by atoms with Gasteiger partial charge in [-0.2, -0.15) is 0 Å². The lowest BCUT2D eigenvalue weighted by atomic mass is 10.1. The minimum absolute atomic E-state index is 0.621. The molecule has 3 heteroatoms. The smallest absolute Gasteiger partial charge is 0.118 e. The van der Waals surface area contributed by atoms with Crippen LogP contribution in [-0.2, 0) is 16.6 Å². The van der Waals surface area contributed by atoms with Crippen molar-refractivity contribution >= 4 is 10.8 Å². The third-order valence-electron chi connectivity index (χ3n) is 3.00. The van der Waals surface area contributed by atoms with Gasteiger partial charge in [0.2, 0.25) is 0 Å². The second-order valence-corrected chi connectivity index (χ2v) is 5.76. The quantitative estimate of drug-likeness (QED) is 0.818. The van der Waals surface area contributed by atoms with Crippen LogP contribution < -0.4 is 4.74 Å². The molecule has 2 rings (SSSR count). The van der Waals surface area contributed by atoms with Crippen LogP contribution in [0, 0.1) is 0 Å². The first-order valence-electron chi connectivity index (χ1n) is 6.00.